The van der Waals surface area contributed by atoms with Crippen LogP contribution < -0.4 is 0 Å². The van der Waals surface area contributed by atoms with Gasteiger partial charge >= 0.3 is 0 Å². The van der Waals surface area contributed by atoms with Crippen molar-refractivity contribution in [1.82, 2.24) is 0 Å². The van der Waals surface area contributed by atoms with Gasteiger partial charge in [0.25, 0.3) is 0 Å². The van der Waals surface area contributed by atoms with Crippen molar-refractivity contribution in [2.45, 2.75) is 72.1 Å². The van der Waals surface area contributed by atoms with Gasteiger partial charge in [0.2, 0.25) is 0 Å². The van der Waals surface area contributed by atoms with Crippen LogP contribution in [0.1, 0.15) is 78.0 Å². The molecule has 1 aromatic carbocycles. The number of aromatic hydroxyl groups is 1. The summed E-state index contributed by atoms with van der Waals surface area (Å²) in [7, 11) is 0. The second-order valence-corrected chi connectivity index (χ2v) is 7.61. The Bertz CT molecular complexity index is 428. The second kappa shape index (κ2) is 4.60. The van der Waals surface area contributed by atoms with E-state index in [2.05, 4.69) is 61.5 Å². The highest BCUT2D eigenvalue weighted by Gasteiger charge is 2.25. The summed E-state index contributed by atoms with van der Waals surface area (Å²) in [6, 6.07) is 4.16. The zero-order valence-electron chi connectivity index (χ0n) is 13.2. The summed E-state index contributed by atoms with van der Waals surface area (Å²) in [6.45, 7) is 17.5. The molecule has 18 heavy (non-hydrogen) atoms. The Kier molecular flexibility index (Phi) is 3.86. The van der Waals surface area contributed by atoms with E-state index in [0.29, 0.717) is 11.7 Å². The van der Waals surface area contributed by atoms with Crippen molar-refractivity contribution in [3.05, 3.63) is 28.8 Å². The van der Waals surface area contributed by atoms with Gasteiger partial charge in [0.15, 0.2) is 0 Å². The Labute approximate surface area is 112 Å². The molecule has 0 bridgehead atoms. The van der Waals surface area contributed by atoms with Crippen molar-refractivity contribution in [3.63, 3.8) is 0 Å². The first-order valence-electron chi connectivity index (χ1n) is 6.82. The highest BCUT2D eigenvalue weighted by atomic mass is 16.3. The third-order valence-corrected chi connectivity index (χ3v) is 3.41. The molecule has 0 aliphatic heterocycles. The summed E-state index contributed by atoms with van der Waals surface area (Å²) < 4.78 is 0. The van der Waals surface area contributed by atoms with Crippen LogP contribution in [-0.2, 0) is 10.8 Å². The number of phenolic OH excluding ortho intramolecular Hbond substituents is 1. The molecule has 1 N–H and O–H groups in total. The molecule has 0 spiro atoms. The van der Waals surface area contributed by atoms with Gasteiger partial charge < -0.3 is 5.11 Å². The van der Waals surface area contributed by atoms with Crippen LogP contribution in [0.5, 0.6) is 5.75 Å². The number of benzene rings is 1. The molecule has 0 atom stereocenters. The fraction of sp³-hybridized carbons (Fsp3) is 0.647. The van der Waals surface area contributed by atoms with Gasteiger partial charge in [0.1, 0.15) is 5.75 Å². The van der Waals surface area contributed by atoms with Crippen LogP contribution in [0, 0.1) is 0 Å². The zero-order chi connectivity index (χ0) is 14.3. The molecule has 0 saturated heterocycles. The third-order valence-electron chi connectivity index (χ3n) is 3.41. The van der Waals surface area contributed by atoms with Gasteiger partial charge in [-0.15, -0.1) is 0 Å². The van der Waals surface area contributed by atoms with E-state index in [0.717, 1.165) is 5.56 Å². The standard InChI is InChI=1S/C17H28O/c1-11(2)12-9-14(17(6,7)8)15(18)10-13(12)16(3,4)5/h9-11,18H,1-8H3. The average Bonchev–Trinajstić information content (AvgIpc) is 2.13. The largest absolute Gasteiger partial charge is 0.508 e. The summed E-state index contributed by atoms with van der Waals surface area (Å²) in [6.07, 6.45) is 0. The van der Waals surface area contributed by atoms with Gasteiger partial charge in [0, 0.05) is 0 Å². The fourth-order valence-electron chi connectivity index (χ4n) is 2.33. The molecule has 0 fully saturated rings. The predicted molar refractivity (Wildman–Crippen MR) is 79.6 cm³/mol. The number of hydrogen-bond donors (Lipinski definition) is 1. The third kappa shape index (κ3) is 3.07. The molecule has 0 heterocycles. The molecule has 0 aromatic heterocycles. The molecule has 1 aromatic rings. The summed E-state index contributed by atoms with van der Waals surface area (Å²) in [5.41, 5.74) is 3.69. The first kappa shape index (κ1) is 15.1. The highest BCUT2D eigenvalue weighted by molar-refractivity contribution is 5.48. The Morgan fingerprint density at radius 2 is 1.28 bits per heavy atom. The molecule has 0 radical (unpaired) electrons. The number of phenols is 1. The second-order valence-electron chi connectivity index (χ2n) is 7.61. The topological polar surface area (TPSA) is 20.2 Å². The van der Waals surface area contributed by atoms with E-state index in [1.165, 1.54) is 11.1 Å². The summed E-state index contributed by atoms with van der Waals surface area (Å²) in [5, 5.41) is 10.3. The lowest BCUT2D eigenvalue weighted by Gasteiger charge is -2.29. The lowest BCUT2D eigenvalue weighted by atomic mass is 9.76. The van der Waals surface area contributed by atoms with Crippen LogP contribution in [0.25, 0.3) is 0 Å². The molecular formula is C17H28O. The van der Waals surface area contributed by atoms with Crippen LogP contribution >= 0.6 is 0 Å². The fourth-order valence-corrected chi connectivity index (χ4v) is 2.33. The van der Waals surface area contributed by atoms with E-state index in [9.17, 15) is 5.11 Å². The monoisotopic (exact) mass is 248 g/mol. The van der Waals surface area contributed by atoms with Gasteiger partial charge in [-0.1, -0.05) is 61.5 Å². The Morgan fingerprint density at radius 3 is 1.61 bits per heavy atom. The van der Waals surface area contributed by atoms with E-state index in [1.54, 1.807) is 0 Å². The van der Waals surface area contributed by atoms with Crippen LogP contribution in [0.15, 0.2) is 12.1 Å². The maximum Gasteiger partial charge on any atom is 0.119 e. The smallest absolute Gasteiger partial charge is 0.119 e. The predicted octanol–water partition coefficient (Wildman–Crippen LogP) is 5.11. The van der Waals surface area contributed by atoms with E-state index in [-0.39, 0.29) is 10.8 Å². The molecule has 1 nitrogen and oxygen atoms in total. The van der Waals surface area contributed by atoms with Crippen molar-refractivity contribution in [2.24, 2.45) is 0 Å². The minimum Gasteiger partial charge on any atom is -0.508 e. The van der Waals surface area contributed by atoms with Crippen molar-refractivity contribution in [1.29, 1.82) is 0 Å². The molecule has 1 heteroatoms. The minimum atomic E-state index is -0.0237. The molecule has 0 amide bonds. The van der Waals surface area contributed by atoms with Crippen molar-refractivity contribution >= 4 is 0 Å². The van der Waals surface area contributed by atoms with Crippen molar-refractivity contribution in [3.8, 4) is 5.75 Å². The highest BCUT2D eigenvalue weighted by Crippen LogP contribution is 2.39. The van der Waals surface area contributed by atoms with Crippen molar-refractivity contribution < 1.29 is 5.11 Å². The maximum atomic E-state index is 10.3. The lowest BCUT2D eigenvalue weighted by Crippen LogP contribution is -2.18. The number of hydrogen-bond acceptors (Lipinski definition) is 1. The van der Waals surface area contributed by atoms with Crippen LogP contribution in [0.2, 0.25) is 0 Å². The van der Waals surface area contributed by atoms with Gasteiger partial charge in [0.05, 0.1) is 0 Å². The van der Waals surface area contributed by atoms with Crippen LogP contribution in [0.3, 0.4) is 0 Å². The van der Waals surface area contributed by atoms with Gasteiger partial charge in [-0.25, -0.2) is 0 Å². The van der Waals surface area contributed by atoms with E-state index >= 15 is 0 Å². The van der Waals surface area contributed by atoms with Gasteiger partial charge in [-0.05, 0) is 39.5 Å². The minimum absolute atomic E-state index is 0.0237. The van der Waals surface area contributed by atoms with Crippen LogP contribution in [0.4, 0.5) is 0 Å². The van der Waals surface area contributed by atoms with E-state index < -0.39 is 0 Å². The van der Waals surface area contributed by atoms with Gasteiger partial charge in [-0.3, -0.25) is 0 Å². The first-order chi connectivity index (χ1) is 7.94. The Hall–Kier alpha value is -0.980. The lowest BCUT2D eigenvalue weighted by molar-refractivity contribution is 0.441. The molecular weight excluding hydrogens is 220 g/mol. The van der Waals surface area contributed by atoms with E-state index in [1.807, 2.05) is 6.07 Å². The average molecular weight is 248 g/mol. The molecule has 0 unspecified atom stereocenters. The SMILES string of the molecule is CC(C)c1cc(C(C)(C)C)c(O)cc1C(C)(C)C. The molecule has 102 valence electrons. The Balaban J connectivity index is 3.55. The van der Waals surface area contributed by atoms with Gasteiger partial charge in [-0.2, -0.15) is 0 Å². The maximum absolute atomic E-state index is 10.3. The van der Waals surface area contributed by atoms with Crippen LogP contribution in [-0.4, -0.2) is 5.11 Å². The normalized spacial score (nSPS) is 13.2. The first-order valence-corrected chi connectivity index (χ1v) is 6.82. The summed E-state index contributed by atoms with van der Waals surface area (Å²) in [5.74, 6) is 0.901. The quantitative estimate of drug-likeness (QED) is 0.732. The molecule has 0 aliphatic carbocycles. The molecule has 0 saturated carbocycles. The Morgan fingerprint density at radius 1 is 0.833 bits per heavy atom. The van der Waals surface area contributed by atoms with Crippen molar-refractivity contribution in [2.75, 3.05) is 0 Å². The summed E-state index contributed by atoms with van der Waals surface area (Å²) >= 11 is 0. The molecule has 1 rings (SSSR count). The summed E-state index contributed by atoms with van der Waals surface area (Å²) in [4.78, 5) is 0. The zero-order valence-corrected chi connectivity index (χ0v) is 13.2. The number of rotatable bonds is 1. The van der Waals surface area contributed by atoms with E-state index in [4.69, 9.17) is 0 Å². The molecule has 0 aliphatic rings.